The molecule has 2 aromatic rings. The minimum absolute atomic E-state index is 0.122. The van der Waals surface area contributed by atoms with Gasteiger partial charge in [0.15, 0.2) is 0 Å². The smallest absolute Gasteiger partial charge is 0.307 e. The van der Waals surface area contributed by atoms with E-state index in [1.165, 1.54) is 0 Å². The van der Waals surface area contributed by atoms with Crippen molar-refractivity contribution in [3.8, 4) is 5.75 Å². The number of nitrogens with zero attached hydrogens (tertiary/aromatic N) is 3. The van der Waals surface area contributed by atoms with Gasteiger partial charge >= 0.3 is 11.9 Å². The lowest BCUT2D eigenvalue weighted by Crippen LogP contribution is -2.60. The quantitative estimate of drug-likeness (QED) is 0.124. The van der Waals surface area contributed by atoms with Crippen LogP contribution in [0, 0.1) is 0 Å². The Hall–Kier alpha value is -2.87. The van der Waals surface area contributed by atoms with Gasteiger partial charge in [-0.3, -0.25) is 20.0 Å². The molecule has 1 spiro atoms. The van der Waals surface area contributed by atoms with E-state index in [4.69, 9.17) is 14.2 Å². The Morgan fingerprint density at radius 1 is 1.00 bits per heavy atom. The number of anilines is 2. The second-order valence-corrected chi connectivity index (χ2v) is 11.6. The average molecular weight is 694 g/mol. The van der Waals surface area contributed by atoms with Gasteiger partial charge in [-0.05, 0) is 63.6 Å². The molecule has 10 nitrogen and oxygen atoms in total. The molecule has 11 heteroatoms. The Bertz CT molecular complexity index is 1290. The number of fused-ring (bicyclic) bond motifs is 2. The Labute approximate surface area is 260 Å². The van der Waals surface area contributed by atoms with E-state index in [-0.39, 0.29) is 35.7 Å². The van der Waals surface area contributed by atoms with Gasteiger partial charge in [-0.2, -0.15) is 0 Å². The molecule has 0 saturated heterocycles. The summed E-state index contributed by atoms with van der Waals surface area (Å²) in [6.45, 7) is 10.6. The molecule has 4 rings (SSSR count). The van der Waals surface area contributed by atoms with Crippen molar-refractivity contribution in [2.24, 2.45) is 0 Å². The van der Waals surface area contributed by atoms with Crippen LogP contribution in [0.15, 0.2) is 42.5 Å². The molecule has 2 aromatic carbocycles. The second kappa shape index (κ2) is 13.6. The van der Waals surface area contributed by atoms with Crippen LogP contribution in [0.3, 0.4) is 0 Å². The third-order valence-electron chi connectivity index (χ3n) is 7.98. The van der Waals surface area contributed by atoms with Crippen molar-refractivity contribution in [1.82, 2.24) is 4.90 Å². The summed E-state index contributed by atoms with van der Waals surface area (Å²) in [5.74, 6) is 0.158. The molecule has 2 aliphatic rings. The molecule has 1 unspecified atom stereocenters. The lowest BCUT2D eigenvalue weighted by molar-refractivity contribution is -0.143. The first kappa shape index (κ1) is 32.1. The molecule has 0 saturated carbocycles. The average Bonchev–Trinajstić information content (AvgIpc) is 3.14. The van der Waals surface area contributed by atoms with Crippen molar-refractivity contribution in [2.75, 3.05) is 49.5 Å². The van der Waals surface area contributed by atoms with Crippen molar-refractivity contribution < 1.29 is 34.2 Å². The molecule has 0 aromatic heterocycles. The van der Waals surface area contributed by atoms with Crippen LogP contribution in [-0.2, 0) is 28.9 Å². The summed E-state index contributed by atoms with van der Waals surface area (Å²) in [4.78, 5) is 28.7. The molecule has 2 aliphatic heterocycles. The Kier molecular flexibility index (Phi) is 10.4. The van der Waals surface area contributed by atoms with E-state index in [0.29, 0.717) is 49.6 Å². The maximum absolute atomic E-state index is 12.2. The molecule has 228 valence electrons. The molecule has 2 heterocycles. The molecule has 0 amide bonds. The fraction of sp³-hybridized carbons (Fsp3) is 0.484. The zero-order valence-corrected chi connectivity index (χ0v) is 26.8. The van der Waals surface area contributed by atoms with Crippen LogP contribution >= 0.6 is 22.6 Å². The molecule has 0 fully saturated rings. The molecular formula is C31H40IN3O7. The van der Waals surface area contributed by atoms with Gasteiger partial charge in [0.1, 0.15) is 5.75 Å². The van der Waals surface area contributed by atoms with Crippen molar-refractivity contribution in [2.45, 2.75) is 56.1 Å². The highest BCUT2D eigenvalue weighted by Crippen LogP contribution is 2.55. The van der Waals surface area contributed by atoms with Crippen LogP contribution < -0.4 is 14.9 Å². The number of hydrogen-bond acceptors (Lipinski definition) is 10. The molecular weight excluding hydrogens is 653 g/mol. The van der Waals surface area contributed by atoms with Gasteiger partial charge in [0.2, 0.25) is 5.72 Å². The fourth-order valence-electron chi connectivity index (χ4n) is 5.81. The van der Waals surface area contributed by atoms with Crippen LogP contribution in [0.1, 0.15) is 57.2 Å². The van der Waals surface area contributed by atoms with Crippen LogP contribution in [-0.4, -0.2) is 72.4 Å². The van der Waals surface area contributed by atoms with Crippen LogP contribution in [0.25, 0.3) is 6.08 Å². The third-order valence-corrected chi connectivity index (χ3v) is 8.80. The van der Waals surface area contributed by atoms with Crippen molar-refractivity contribution in [1.29, 1.82) is 0 Å². The van der Waals surface area contributed by atoms with Gasteiger partial charge in [-0.15, -0.1) is 5.23 Å². The van der Waals surface area contributed by atoms with Crippen LogP contribution in [0.2, 0.25) is 0 Å². The Morgan fingerprint density at radius 2 is 1.64 bits per heavy atom. The SMILES string of the molecule is CCOC(=O)CCN(CCC(=O)OCC)CCN1c2ccccc2C(C)(C)C12C=Cc1cc(N(O)O)cc(CI)c1O2. The molecule has 2 N–H and O–H groups in total. The Morgan fingerprint density at radius 3 is 2.24 bits per heavy atom. The first-order chi connectivity index (χ1) is 20.1. The molecule has 0 bridgehead atoms. The summed E-state index contributed by atoms with van der Waals surface area (Å²) >= 11 is 2.25. The lowest BCUT2D eigenvalue weighted by atomic mass is 9.76. The standard InChI is InChI=1S/C31H40IN3O7/c1-5-40-27(36)12-15-33(16-13-28(37)41-6-2)17-18-34-26-10-8-7-9-25(26)30(3,4)31(34)14-11-22-19-24(35(38)39)20-23(21-32)29(22)42-31/h7-11,14,19-20,38-39H,5-6,12-13,15-18,21H2,1-4H3. The number of benzene rings is 2. The second-order valence-electron chi connectivity index (χ2n) is 10.8. The van der Waals surface area contributed by atoms with Crippen LogP contribution in [0.5, 0.6) is 5.75 Å². The minimum Gasteiger partial charge on any atom is -0.466 e. The van der Waals surface area contributed by atoms with E-state index in [0.717, 1.165) is 22.4 Å². The van der Waals surface area contributed by atoms with Gasteiger partial charge in [0, 0.05) is 47.4 Å². The Balaban J connectivity index is 1.67. The molecule has 1 atom stereocenters. The number of para-hydroxylation sites is 1. The van der Waals surface area contributed by atoms with E-state index >= 15 is 0 Å². The van der Waals surface area contributed by atoms with E-state index in [1.807, 2.05) is 18.2 Å². The number of ether oxygens (including phenoxy) is 3. The van der Waals surface area contributed by atoms with Crippen molar-refractivity contribution in [3.63, 3.8) is 0 Å². The number of esters is 2. The summed E-state index contributed by atoms with van der Waals surface area (Å²) < 4.78 is 17.9. The van der Waals surface area contributed by atoms with Crippen molar-refractivity contribution in [3.05, 3.63) is 59.2 Å². The highest BCUT2D eigenvalue weighted by Gasteiger charge is 2.58. The highest BCUT2D eigenvalue weighted by atomic mass is 127. The molecule has 42 heavy (non-hydrogen) atoms. The van der Waals surface area contributed by atoms with Gasteiger partial charge in [-0.1, -0.05) is 40.8 Å². The summed E-state index contributed by atoms with van der Waals surface area (Å²) in [6.07, 6.45) is 4.49. The summed E-state index contributed by atoms with van der Waals surface area (Å²) in [7, 11) is 0. The highest BCUT2D eigenvalue weighted by molar-refractivity contribution is 14.1. The maximum atomic E-state index is 12.2. The van der Waals surface area contributed by atoms with E-state index in [2.05, 4.69) is 64.4 Å². The first-order valence-electron chi connectivity index (χ1n) is 14.3. The molecule has 0 radical (unpaired) electrons. The zero-order chi connectivity index (χ0) is 30.5. The first-order valence-corrected chi connectivity index (χ1v) is 15.8. The zero-order valence-electron chi connectivity index (χ0n) is 24.6. The van der Waals surface area contributed by atoms with Gasteiger partial charge in [0.05, 0.1) is 37.2 Å². The predicted molar refractivity (Wildman–Crippen MR) is 168 cm³/mol. The summed E-state index contributed by atoms with van der Waals surface area (Å²) in [6, 6.07) is 11.7. The largest absolute Gasteiger partial charge is 0.466 e. The van der Waals surface area contributed by atoms with Gasteiger partial charge in [0.25, 0.3) is 0 Å². The number of carbonyl (C=O) groups excluding carboxylic acids is 2. The number of rotatable bonds is 13. The number of hydrogen-bond donors (Lipinski definition) is 2. The number of alkyl halides is 1. The predicted octanol–water partition coefficient (Wildman–Crippen LogP) is 5.31. The van der Waals surface area contributed by atoms with E-state index in [9.17, 15) is 20.0 Å². The van der Waals surface area contributed by atoms with E-state index in [1.54, 1.807) is 26.0 Å². The van der Waals surface area contributed by atoms with Crippen LogP contribution in [0.4, 0.5) is 11.4 Å². The fourth-order valence-corrected chi connectivity index (χ4v) is 6.37. The third kappa shape index (κ3) is 6.38. The van der Waals surface area contributed by atoms with Crippen molar-refractivity contribution >= 4 is 52.0 Å². The summed E-state index contributed by atoms with van der Waals surface area (Å²) in [5, 5.41) is 19.5. The summed E-state index contributed by atoms with van der Waals surface area (Å²) in [5.41, 5.74) is 2.72. The van der Waals surface area contributed by atoms with Gasteiger partial charge < -0.3 is 24.0 Å². The number of halogens is 1. The van der Waals surface area contributed by atoms with Gasteiger partial charge in [-0.25, -0.2) is 0 Å². The monoisotopic (exact) mass is 693 g/mol. The minimum atomic E-state index is -0.877. The molecule has 0 aliphatic carbocycles. The number of carbonyl (C=O) groups is 2. The lowest BCUT2D eigenvalue weighted by Gasteiger charge is -2.48. The van der Waals surface area contributed by atoms with E-state index < -0.39 is 11.1 Å². The maximum Gasteiger partial charge on any atom is 0.307 e. The topological polar surface area (TPSA) is 112 Å². The normalized spacial score (nSPS) is 18.0.